The van der Waals surface area contributed by atoms with E-state index in [-0.39, 0.29) is 0 Å². The van der Waals surface area contributed by atoms with Crippen LogP contribution in [0, 0.1) is 0 Å². The van der Waals surface area contributed by atoms with Crippen LogP contribution in [0.25, 0.3) is 11.4 Å². The van der Waals surface area contributed by atoms with Gasteiger partial charge in [-0.15, -0.1) is 10.2 Å². The van der Waals surface area contributed by atoms with Gasteiger partial charge in [0.05, 0.1) is 23.4 Å². The van der Waals surface area contributed by atoms with Gasteiger partial charge in [-0.25, -0.2) is 0 Å². The first-order valence-corrected chi connectivity index (χ1v) is 7.61. The molecule has 112 valence electrons. The normalized spacial score (nSPS) is 16.1. The number of aromatic nitrogens is 4. The van der Waals surface area contributed by atoms with E-state index in [9.17, 15) is 0 Å². The van der Waals surface area contributed by atoms with Gasteiger partial charge in [-0.05, 0) is 30.2 Å². The van der Waals surface area contributed by atoms with Gasteiger partial charge >= 0.3 is 0 Å². The van der Waals surface area contributed by atoms with Crippen molar-refractivity contribution < 1.29 is 0 Å². The van der Waals surface area contributed by atoms with E-state index in [1.54, 1.807) is 7.05 Å². The van der Waals surface area contributed by atoms with Crippen LogP contribution in [0.5, 0.6) is 0 Å². The zero-order valence-corrected chi connectivity index (χ0v) is 12.8. The van der Waals surface area contributed by atoms with Crippen LogP contribution in [0.2, 0.25) is 5.02 Å². The van der Waals surface area contributed by atoms with Crippen molar-refractivity contribution >= 4 is 23.0 Å². The second kappa shape index (κ2) is 5.89. The molecule has 1 aromatic carbocycles. The van der Waals surface area contributed by atoms with E-state index >= 15 is 0 Å². The van der Waals surface area contributed by atoms with E-state index in [1.807, 2.05) is 12.1 Å². The van der Waals surface area contributed by atoms with Crippen LogP contribution in [0.3, 0.4) is 0 Å². The molecule has 1 saturated carbocycles. The molecule has 3 N–H and O–H groups in total. The van der Waals surface area contributed by atoms with Gasteiger partial charge in [-0.3, -0.25) is 0 Å². The topological polar surface area (TPSA) is 81.7 Å². The summed E-state index contributed by atoms with van der Waals surface area (Å²) < 4.78 is 0. The number of tetrazole rings is 1. The lowest BCUT2D eigenvalue weighted by Gasteiger charge is -2.25. The molecule has 1 aliphatic carbocycles. The SMILES string of the molecule is Cn1nnc(-c2cc(N)c(NC3CCCCC3)cc2Cl)n1. The minimum atomic E-state index is 0.484. The Bertz CT molecular complexity index is 632. The second-order valence-corrected chi connectivity index (χ2v) is 5.91. The average molecular weight is 307 g/mol. The van der Waals surface area contributed by atoms with Crippen molar-refractivity contribution in [3.05, 3.63) is 17.2 Å². The molecule has 1 aromatic heterocycles. The fraction of sp³-hybridized carbons (Fsp3) is 0.500. The quantitative estimate of drug-likeness (QED) is 0.852. The van der Waals surface area contributed by atoms with Crippen LogP contribution in [-0.2, 0) is 7.05 Å². The molecule has 6 nitrogen and oxygen atoms in total. The highest BCUT2D eigenvalue weighted by Crippen LogP contribution is 2.34. The van der Waals surface area contributed by atoms with Crippen LogP contribution in [0.15, 0.2) is 12.1 Å². The number of anilines is 2. The average Bonchev–Trinajstić information content (AvgIpc) is 2.90. The lowest BCUT2D eigenvalue weighted by Crippen LogP contribution is -2.22. The molecule has 1 fully saturated rings. The van der Waals surface area contributed by atoms with Crippen LogP contribution in [0.1, 0.15) is 32.1 Å². The maximum absolute atomic E-state index is 6.35. The van der Waals surface area contributed by atoms with Crippen LogP contribution >= 0.6 is 11.6 Å². The predicted molar refractivity (Wildman–Crippen MR) is 84.2 cm³/mol. The van der Waals surface area contributed by atoms with Crippen molar-refractivity contribution in [1.82, 2.24) is 20.2 Å². The van der Waals surface area contributed by atoms with Gasteiger partial charge in [0.25, 0.3) is 0 Å². The maximum Gasteiger partial charge on any atom is 0.206 e. The Labute approximate surface area is 128 Å². The number of halogens is 1. The zero-order valence-electron chi connectivity index (χ0n) is 12.0. The number of hydrogen-bond donors (Lipinski definition) is 2. The molecular weight excluding hydrogens is 288 g/mol. The van der Waals surface area contributed by atoms with Crippen molar-refractivity contribution in [2.75, 3.05) is 11.1 Å². The standard InChI is InChI=1S/C14H19ClN6/c1-21-19-14(18-20-21)10-7-12(16)13(8-11(10)15)17-9-5-3-2-4-6-9/h7-9,17H,2-6,16H2,1H3. The highest BCUT2D eigenvalue weighted by molar-refractivity contribution is 6.33. The third-order valence-corrected chi connectivity index (χ3v) is 4.17. The Morgan fingerprint density at radius 3 is 2.71 bits per heavy atom. The molecule has 3 rings (SSSR count). The summed E-state index contributed by atoms with van der Waals surface area (Å²) in [6, 6.07) is 4.15. The molecule has 0 radical (unpaired) electrons. The molecule has 0 unspecified atom stereocenters. The number of nitrogens with two attached hydrogens (primary N) is 1. The van der Waals surface area contributed by atoms with E-state index in [4.69, 9.17) is 17.3 Å². The molecule has 0 aliphatic heterocycles. The van der Waals surface area contributed by atoms with Gasteiger partial charge < -0.3 is 11.1 Å². The largest absolute Gasteiger partial charge is 0.397 e. The highest BCUT2D eigenvalue weighted by atomic mass is 35.5. The van der Waals surface area contributed by atoms with Crippen LogP contribution in [-0.4, -0.2) is 26.2 Å². The summed E-state index contributed by atoms with van der Waals surface area (Å²) in [7, 11) is 1.72. The number of rotatable bonds is 3. The van der Waals surface area contributed by atoms with Gasteiger partial charge in [0.15, 0.2) is 0 Å². The smallest absolute Gasteiger partial charge is 0.206 e. The third kappa shape index (κ3) is 3.10. The predicted octanol–water partition coefficient (Wildman–Crippen LogP) is 2.86. The van der Waals surface area contributed by atoms with Gasteiger partial charge in [-0.2, -0.15) is 4.80 Å². The van der Waals surface area contributed by atoms with Crippen molar-refractivity contribution in [2.45, 2.75) is 38.1 Å². The van der Waals surface area contributed by atoms with Gasteiger partial charge in [-0.1, -0.05) is 30.9 Å². The molecule has 21 heavy (non-hydrogen) atoms. The zero-order chi connectivity index (χ0) is 14.8. The Kier molecular flexibility index (Phi) is 3.96. The fourth-order valence-corrected chi connectivity index (χ4v) is 2.99. The maximum atomic E-state index is 6.35. The lowest BCUT2D eigenvalue weighted by atomic mass is 9.95. The molecule has 0 spiro atoms. The Morgan fingerprint density at radius 1 is 1.29 bits per heavy atom. The van der Waals surface area contributed by atoms with Gasteiger partial charge in [0.2, 0.25) is 5.82 Å². The third-order valence-electron chi connectivity index (χ3n) is 3.85. The summed E-state index contributed by atoms with van der Waals surface area (Å²) in [5.41, 5.74) is 8.40. The molecule has 1 heterocycles. The summed E-state index contributed by atoms with van der Waals surface area (Å²) in [6.45, 7) is 0. The Morgan fingerprint density at radius 2 is 2.05 bits per heavy atom. The van der Waals surface area contributed by atoms with Gasteiger partial charge in [0, 0.05) is 11.6 Å². The fourth-order valence-electron chi connectivity index (χ4n) is 2.75. The first kappa shape index (κ1) is 14.1. The number of nitrogens with zero attached hydrogens (tertiary/aromatic N) is 4. The summed E-state index contributed by atoms with van der Waals surface area (Å²) in [6.07, 6.45) is 6.24. The Hall–Kier alpha value is -1.82. The monoisotopic (exact) mass is 306 g/mol. The van der Waals surface area contributed by atoms with E-state index in [2.05, 4.69) is 20.7 Å². The summed E-state index contributed by atoms with van der Waals surface area (Å²) in [5.74, 6) is 0.485. The van der Waals surface area contributed by atoms with Crippen molar-refractivity contribution in [1.29, 1.82) is 0 Å². The van der Waals surface area contributed by atoms with E-state index < -0.39 is 0 Å². The first-order valence-electron chi connectivity index (χ1n) is 7.23. The number of aryl methyl sites for hydroxylation is 1. The van der Waals surface area contributed by atoms with E-state index in [0.29, 0.717) is 28.1 Å². The van der Waals surface area contributed by atoms with Crippen molar-refractivity contribution in [3.63, 3.8) is 0 Å². The molecule has 1 aliphatic rings. The molecule has 0 bridgehead atoms. The van der Waals surface area contributed by atoms with E-state index in [0.717, 1.165) is 5.69 Å². The number of benzene rings is 1. The highest BCUT2D eigenvalue weighted by Gasteiger charge is 2.17. The van der Waals surface area contributed by atoms with Crippen LogP contribution in [0.4, 0.5) is 11.4 Å². The molecular formula is C14H19ClN6. The Balaban J connectivity index is 1.85. The van der Waals surface area contributed by atoms with Crippen molar-refractivity contribution in [2.24, 2.45) is 7.05 Å². The lowest BCUT2D eigenvalue weighted by molar-refractivity contribution is 0.463. The summed E-state index contributed by atoms with van der Waals surface area (Å²) in [4.78, 5) is 1.40. The minimum Gasteiger partial charge on any atom is -0.397 e. The number of hydrogen-bond acceptors (Lipinski definition) is 5. The molecule has 0 atom stereocenters. The number of nitrogen functional groups attached to an aromatic ring is 1. The number of nitrogens with one attached hydrogen (secondary N) is 1. The molecule has 0 saturated heterocycles. The van der Waals surface area contributed by atoms with Crippen LogP contribution < -0.4 is 11.1 Å². The van der Waals surface area contributed by atoms with Gasteiger partial charge in [0.1, 0.15) is 0 Å². The summed E-state index contributed by atoms with van der Waals surface area (Å²) >= 11 is 6.35. The molecule has 0 amide bonds. The summed E-state index contributed by atoms with van der Waals surface area (Å²) in [5, 5.41) is 16.0. The molecule has 7 heteroatoms. The second-order valence-electron chi connectivity index (χ2n) is 5.50. The molecule has 2 aromatic rings. The first-order chi connectivity index (χ1) is 10.1. The van der Waals surface area contributed by atoms with Crippen molar-refractivity contribution in [3.8, 4) is 11.4 Å². The van der Waals surface area contributed by atoms with E-state index in [1.165, 1.54) is 36.9 Å². The minimum absolute atomic E-state index is 0.484.